The average Bonchev–Trinajstić information content (AvgIpc) is 3.39. The van der Waals surface area contributed by atoms with Gasteiger partial charge in [-0.05, 0) is 35.4 Å². The smallest absolute Gasteiger partial charge is 0.191 e. The maximum Gasteiger partial charge on any atom is 0.191 e. The molecule has 0 aliphatic heterocycles. The van der Waals surface area contributed by atoms with Gasteiger partial charge in [-0.15, -0.1) is 10.2 Å². The van der Waals surface area contributed by atoms with Gasteiger partial charge < -0.3 is 8.98 Å². The van der Waals surface area contributed by atoms with E-state index in [4.69, 9.17) is 4.42 Å². The number of ketones is 1. The summed E-state index contributed by atoms with van der Waals surface area (Å²) in [6, 6.07) is 19.5. The van der Waals surface area contributed by atoms with E-state index in [-0.39, 0.29) is 5.78 Å². The first kappa shape index (κ1) is 18.7. The van der Waals surface area contributed by atoms with Crippen molar-refractivity contribution < 1.29 is 9.21 Å². The Bertz CT molecular complexity index is 1060. The second-order valence-electron chi connectivity index (χ2n) is 6.12. The summed E-state index contributed by atoms with van der Waals surface area (Å²) < 4.78 is 8.27. The van der Waals surface area contributed by atoms with Crippen LogP contribution in [-0.4, -0.2) is 26.3 Å². The Kier molecular flexibility index (Phi) is 5.73. The molecule has 0 atom stereocenters. The van der Waals surface area contributed by atoms with Crippen molar-refractivity contribution in [3.63, 3.8) is 0 Å². The zero-order valence-corrected chi connectivity index (χ0v) is 17.2. The molecule has 28 heavy (non-hydrogen) atoms. The third kappa shape index (κ3) is 4.43. The highest BCUT2D eigenvalue weighted by molar-refractivity contribution is 9.10. The minimum absolute atomic E-state index is 0.0555. The molecule has 2 aromatic heterocycles. The minimum atomic E-state index is 0.0555. The Balaban J connectivity index is 1.39. The Morgan fingerprint density at radius 3 is 2.43 bits per heavy atom. The lowest BCUT2D eigenvalue weighted by Crippen LogP contribution is -2.05. The second-order valence-corrected chi connectivity index (χ2v) is 7.98. The Morgan fingerprint density at radius 2 is 1.75 bits per heavy atom. The molecular formula is C21H16BrN3O2S. The van der Waals surface area contributed by atoms with Gasteiger partial charge in [0, 0.05) is 10.0 Å². The molecule has 7 heteroatoms. The van der Waals surface area contributed by atoms with Crippen molar-refractivity contribution in [2.75, 3.05) is 5.75 Å². The van der Waals surface area contributed by atoms with Crippen molar-refractivity contribution in [3.8, 4) is 11.1 Å². The van der Waals surface area contributed by atoms with Crippen molar-refractivity contribution in [1.82, 2.24) is 14.8 Å². The molecule has 0 bridgehead atoms. The monoisotopic (exact) mass is 453 g/mol. The van der Waals surface area contributed by atoms with Crippen molar-refractivity contribution in [1.29, 1.82) is 0 Å². The predicted molar refractivity (Wildman–Crippen MR) is 112 cm³/mol. The van der Waals surface area contributed by atoms with Gasteiger partial charge >= 0.3 is 0 Å². The maximum absolute atomic E-state index is 12.6. The number of benzene rings is 2. The molecule has 0 aliphatic carbocycles. The number of carbonyl (C=O) groups excluding carboxylic acids is 1. The number of furan rings is 1. The maximum atomic E-state index is 12.6. The molecule has 2 heterocycles. The van der Waals surface area contributed by atoms with Gasteiger partial charge in [-0.25, -0.2) is 0 Å². The molecule has 0 fully saturated rings. The van der Waals surface area contributed by atoms with Gasteiger partial charge in [0.25, 0.3) is 0 Å². The lowest BCUT2D eigenvalue weighted by molar-refractivity contribution is 0.102. The van der Waals surface area contributed by atoms with Crippen LogP contribution in [0.3, 0.4) is 0 Å². The predicted octanol–water partition coefficient (Wildman–Crippen LogP) is 5.32. The van der Waals surface area contributed by atoms with Crippen LogP contribution in [0.1, 0.15) is 16.1 Å². The highest BCUT2D eigenvalue weighted by atomic mass is 79.9. The standard InChI is InChI=1S/C21H16BrN3O2S/c22-18-9-7-16(8-10-18)15-3-5-17(6-4-15)20(26)13-28-21-24-23-14-25(21)12-19-2-1-11-27-19/h1-11,14H,12-13H2. The van der Waals surface area contributed by atoms with E-state index < -0.39 is 0 Å². The molecule has 4 aromatic rings. The molecule has 0 saturated heterocycles. The van der Waals surface area contributed by atoms with Gasteiger partial charge in [-0.1, -0.05) is 64.1 Å². The van der Waals surface area contributed by atoms with Crippen LogP contribution in [0.25, 0.3) is 11.1 Å². The van der Waals surface area contributed by atoms with Crippen LogP contribution in [0.5, 0.6) is 0 Å². The Morgan fingerprint density at radius 1 is 1.04 bits per heavy atom. The molecule has 140 valence electrons. The first-order valence-corrected chi connectivity index (χ1v) is 10.4. The third-order valence-corrected chi connectivity index (χ3v) is 5.71. The molecule has 2 aromatic carbocycles. The molecule has 0 spiro atoms. The van der Waals surface area contributed by atoms with Crippen LogP contribution < -0.4 is 0 Å². The SMILES string of the molecule is O=C(CSc1nncn1Cc1ccco1)c1ccc(-c2ccc(Br)cc2)cc1. The summed E-state index contributed by atoms with van der Waals surface area (Å²) in [6.07, 6.45) is 3.27. The van der Waals surface area contributed by atoms with Crippen LogP contribution in [0, 0.1) is 0 Å². The fourth-order valence-electron chi connectivity index (χ4n) is 2.74. The van der Waals surface area contributed by atoms with E-state index in [1.54, 1.807) is 12.6 Å². The van der Waals surface area contributed by atoms with Crippen molar-refractivity contribution in [2.45, 2.75) is 11.7 Å². The third-order valence-electron chi connectivity index (χ3n) is 4.20. The number of nitrogens with zero attached hydrogens (tertiary/aromatic N) is 3. The molecular weight excluding hydrogens is 438 g/mol. The average molecular weight is 454 g/mol. The van der Waals surface area contributed by atoms with Gasteiger partial charge in [0.15, 0.2) is 10.9 Å². The summed E-state index contributed by atoms with van der Waals surface area (Å²) in [5.41, 5.74) is 2.88. The first-order valence-electron chi connectivity index (χ1n) is 8.61. The summed E-state index contributed by atoms with van der Waals surface area (Å²) in [6.45, 7) is 0.540. The summed E-state index contributed by atoms with van der Waals surface area (Å²) in [4.78, 5) is 12.6. The molecule has 0 N–H and O–H groups in total. The van der Waals surface area contributed by atoms with Crippen molar-refractivity contribution in [2.24, 2.45) is 0 Å². The van der Waals surface area contributed by atoms with E-state index >= 15 is 0 Å². The largest absolute Gasteiger partial charge is 0.467 e. The first-order chi connectivity index (χ1) is 13.7. The molecule has 5 nitrogen and oxygen atoms in total. The molecule has 0 aliphatic rings. The molecule has 0 unspecified atom stereocenters. The molecule has 0 radical (unpaired) electrons. The highest BCUT2D eigenvalue weighted by Gasteiger charge is 2.12. The van der Waals surface area contributed by atoms with Crippen molar-refractivity contribution >= 4 is 33.5 Å². The van der Waals surface area contributed by atoms with E-state index in [1.165, 1.54) is 11.8 Å². The van der Waals surface area contributed by atoms with Gasteiger partial charge in [0.2, 0.25) is 0 Å². The van der Waals surface area contributed by atoms with Crippen LogP contribution in [0.2, 0.25) is 0 Å². The Hall–Kier alpha value is -2.64. The van der Waals surface area contributed by atoms with Crippen LogP contribution in [-0.2, 0) is 6.54 Å². The Labute approximate surface area is 174 Å². The van der Waals surface area contributed by atoms with Crippen LogP contribution >= 0.6 is 27.7 Å². The van der Waals surface area contributed by atoms with Crippen molar-refractivity contribution in [3.05, 3.63) is 89.1 Å². The minimum Gasteiger partial charge on any atom is -0.467 e. The van der Waals surface area contributed by atoms with E-state index in [0.717, 1.165) is 21.4 Å². The highest BCUT2D eigenvalue weighted by Crippen LogP contribution is 2.23. The summed E-state index contributed by atoms with van der Waals surface area (Å²) in [5, 5.41) is 8.73. The lowest BCUT2D eigenvalue weighted by atomic mass is 10.0. The fraction of sp³-hybridized carbons (Fsp3) is 0.0952. The fourth-order valence-corrected chi connectivity index (χ4v) is 3.81. The molecule has 0 amide bonds. The number of rotatable bonds is 7. The van der Waals surface area contributed by atoms with Gasteiger partial charge in [0.1, 0.15) is 12.1 Å². The number of halogens is 1. The number of aromatic nitrogens is 3. The quantitative estimate of drug-likeness (QED) is 0.279. The second kappa shape index (κ2) is 8.58. The van der Waals surface area contributed by atoms with E-state index in [2.05, 4.69) is 26.1 Å². The van der Waals surface area contributed by atoms with Crippen LogP contribution in [0.4, 0.5) is 0 Å². The van der Waals surface area contributed by atoms with E-state index in [9.17, 15) is 4.79 Å². The number of hydrogen-bond acceptors (Lipinski definition) is 5. The van der Waals surface area contributed by atoms with Gasteiger partial charge in [-0.3, -0.25) is 4.79 Å². The van der Waals surface area contributed by atoms with E-state index in [1.807, 2.05) is 65.2 Å². The summed E-state index contributed by atoms with van der Waals surface area (Å²) >= 11 is 4.81. The number of carbonyl (C=O) groups is 1. The van der Waals surface area contributed by atoms with Gasteiger partial charge in [-0.2, -0.15) is 0 Å². The molecule has 4 rings (SSSR count). The lowest BCUT2D eigenvalue weighted by Gasteiger charge is -2.06. The topological polar surface area (TPSA) is 60.9 Å². The zero-order chi connectivity index (χ0) is 19.3. The number of Topliss-reactive ketones (excluding diaryl/α,β-unsaturated/α-hetero) is 1. The number of thioether (sulfide) groups is 1. The number of hydrogen-bond donors (Lipinski definition) is 0. The van der Waals surface area contributed by atoms with E-state index in [0.29, 0.717) is 23.0 Å². The normalized spacial score (nSPS) is 10.9. The summed E-state index contributed by atoms with van der Waals surface area (Å²) in [7, 11) is 0. The zero-order valence-electron chi connectivity index (χ0n) is 14.8. The summed E-state index contributed by atoms with van der Waals surface area (Å²) in [5.74, 6) is 1.17. The van der Waals surface area contributed by atoms with Gasteiger partial charge in [0.05, 0.1) is 18.6 Å². The van der Waals surface area contributed by atoms with Crippen LogP contribution in [0.15, 0.2) is 87.3 Å². The molecule has 0 saturated carbocycles.